The van der Waals surface area contributed by atoms with Crippen LogP contribution in [0, 0.1) is 12.8 Å². The van der Waals surface area contributed by atoms with Gasteiger partial charge in [0.2, 0.25) is 5.91 Å². The van der Waals surface area contributed by atoms with Gasteiger partial charge in [-0.15, -0.1) is 0 Å². The van der Waals surface area contributed by atoms with Gasteiger partial charge in [-0.2, -0.15) is 0 Å². The molecule has 2 amide bonds. The van der Waals surface area contributed by atoms with E-state index >= 15 is 0 Å². The van der Waals surface area contributed by atoms with E-state index < -0.39 is 5.97 Å². The number of hydrogen-bond acceptors (Lipinski definition) is 4. The summed E-state index contributed by atoms with van der Waals surface area (Å²) in [5, 5.41) is 3.01. The summed E-state index contributed by atoms with van der Waals surface area (Å²) >= 11 is 0. The molecular formula is C21H33N3O4. The number of aromatic amines is 1. The number of amides is 2. The number of methoxy groups -OCH3 is 1. The highest BCUT2D eigenvalue weighted by Crippen LogP contribution is 2.24. The highest BCUT2D eigenvalue weighted by molar-refractivity contribution is 6.00. The van der Waals surface area contributed by atoms with Crippen molar-refractivity contribution in [2.75, 3.05) is 26.7 Å². The molecule has 2 rings (SSSR count). The molecule has 7 heteroatoms. The first-order valence-electron chi connectivity index (χ1n) is 10.3. The van der Waals surface area contributed by atoms with Gasteiger partial charge in [-0.3, -0.25) is 9.59 Å². The van der Waals surface area contributed by atoms with E-state index in [4.69, 9.17) is 4.74 Å². The van der Waals surface area contributed by atoms with Gasteiger partial charge >= 0.3 is 5.97 Å². The lowest BCUT2D eigenvalue weighted by atomic mass is 9.95. The molecule has 2 heterocycles. The third kappa shape index (κ3) is 4.94. The van der Waals surface area contributed by atoms with Gasteiger partial charge in [0.05, 0.1) is 12.7 Å². The fourth-order valence-electron chi connectivity index (χ4n) is 3.75. The van der Waals surface area contributed by atoms with E-state index in [-0.39, 0.29) is 17.7 Å². The molecule has 0 saturated carbocycles. The van der Waals surface area contributed by atoms with E-state index in [1.807, 2.05) is 6.92 Å². The Morgan fingerprint density at radius 3 is 2.43 bits per heavy atom. The van der Waals surface area contributed by atoms with E-state index in [0.29, 0.717) is 54.9 Å². The van der Waals surface area contributed by atoms with Crippen LogP contribution >= 0.6 is 0 Å². The van der Waals surface area contributed by atoms with E-state index in [2.05, 4.69) is 17.2 Å². The molecule has 7 nitrogen and oxygen atoms in total. The van der Waals surface area contributed by atoms with Crippen molar-refractivity contribution in [3.63, 3.8) is 0 Å². The van der Waals surface area contributed by atoms with Crippen LogP contribution in [0.4, 0.5) is 0 Å². The summed E-state index contributed by atoms with van der Waals surface area (Å²) in [5.74, 6) is -0.486. The van der Waals surface area contributed by atoms with Crippen LogP contribution in [0.3, 0.4) is 0 Å². The fourth-order valence-corrected chi connectivity index (χ4v) is 3.75. The van der Waals surface area contributed by atoms with Gasteiger partial charge in [0.25, 0.3) is 5.91 Å². The normalized spacial score (nSPS) is 14.8. The Balaban J connectivity index is 1.98. The Kier molecular flexibility index (Phi) is 8.08. The Labute approximate surface area is 167 Å². The molecule has 0 aromatic carbocycles. The third-order valence-corrected chi connectivity index (χ3v) is 5.52. The van der Waals surface area contributed by atoms with Crippen LogP contribution in [0.25, 0.3) is 0 Å². The largest absolute Gasteiger partial charge is 0.465 e. The SMILES string of the molecule is CCCCCNC(=O)C1CCN(C(=O)c2[nH]c(CC)c(C(=O)OC)c2C)CC1. The van der Waals surface area contributed by atoms with Crippen LogP contribution in [-0.4, -0.2) is 54.4 Å². The maximum absolute atomic E-state index is 13.0. The molecule has 28 heavy (non-hydrogen) atoms. The van der Waals surface area contributed by atoms with Crippen LogP contribution < -0.4 is 5.32 Å². The van der Waals surface area contributed by atoms with Crippen molar-refractivity contribution < 1.29 is 19.1 Å². The number of aromatic nitrogens is 1. The number of esters is 1. The van der Waals surface area contributed by atoms with Crippen molar-refractivity contribution in [2.45, 2.75) is 59.3 Å². The predicted octanol–water partition coefficient (Wildman–Crippen LogP) is 2.83. The molecule has 0 unspecified atom stereocenters. The minimum absolute atomic E-state index is 0.0350. The first-order valence-corrected chi connectivity index (χ1v) is 10.3. The number of H-pyrrole nitrogens is 1. The van der Waals surface area contributed by atoms with Crippen LogP contribution in [0.5, 0.6) is 0 Å². The number of nitrogens with zero attached hydrogens (tertiary/aromatic N) is 1. The lowest BCUT2D eigenvalue weighted by Gasteiger charge is -2.31. The summed E-state index contributed by atoms with van der Waals surface area (Å²) in [6.45, 7) is 7.64. The summed E-state index contributed by atoms with van der Waals surface area (Å²) in [6.07, 6.45) is 5.19. The molecule has 2 N–H and O–H groups in total. The number of aryl methyl sites for hydroxylation is 1. The number of carbonyl (C=O) groups excluding carboxylic acids is 3. The van der Waals surface area contributed by atoms with E-state index in [0.717, 1.165) is 25.8 Å². The molecule has 1 aromatic rings. The topological polar surface area (TPSA) is 91.5 Å². The van der Waals surface area contributed by atoms with Gasteiger partial charge in [-0.25, -0.2) is 4.79 Å². The zero-order chi connectivity index (χ0) is 20.7. The molecule has 1 saturated heterocycles. The average Bonchev–Trinajstić information content (AvgIpc) is 3.06. The van der Waals surface area contributed by atoms with Gasteiger partial charge < -0.3 is 19.9 Å². The second-order valence-electron chi connectivity index (χ2n) is 7.39. The lowest BCUT2D eigenvalue weighted by Crippen LogP contribution is -2.43. The number of likely N-dealkylation sites (tertiary alicyclic amines) is 1. The number of piperidine rings is 1. The second-order valence-corrected chi connectivity index (χ2v) is 7.39. The minimum Gasteiger partial charge on any atom is -0.465 e. The van der Waals surface area contributed by atoms with Gasteiger partial charge in [-0.1, -0.05) is 26.7 Å². The first-order chi connectivity index (χ1) is 13.4. The minimum atomic E-state index is -0.428. The summed E-state index contributed by atoms with van der Waals surface area (Å²) < 4.78 is 4.86. The fraction of sp³-hybridized carbons (Fsp3) is 0.667. The van der Waals surface area contributed by atoms with Gasteiger partial charge in [0.15, 0.2) is 0 Å². The Morgan fingerprint density at radius 2 is 1.86 bits per heavy atom. The van der Waals surface area contributed by atoms with Crippen LogP contribution in [0.2, 0.25) is 0 Å². The molecule has 1 aliphatic heterocycles. The molecule has 0 bridgehead atoms. The monoisotopic (exact) mass is 391 g/mol. The van der Waals surface area contributed by atoms with Crippen molar-refractivity contribution in [1.82, 2.24) is 15.2 Å². The number of nitrogens with one attached hydrogen (secondary N) is 2. The number of unbranched alkanes of at least 4 members (excludes halogenated alkanes) is 2. The van der Waals surface area contributed by atoms with Crippen LogP contribution in [0.1, 0.15) is 78.1 Å². The standard InChI is InChI=1S/C21H33N3O4/c1-5-7-8-11-22-19(25)15-9-12-24(13-10-15)20(26)18-14(3)17(21(27)28-4)16(6-2)23-18/h15,23H,5-13H2,1-4H3,(H,22,25). The van der Waals surface area contributed by atoms with Crippen LogP contribution in [-0.2, 0) is 16.0 Å². The zero-order valence-corrected chi connectivity index (χ0v) is 17.5. The molecule has 0 aliphatic carbocycles. The number of carbonyl (C=O) groups is 3. The van der Waals surface area contributed by atoms with E-state index in [9.17, 15) is 14.4 Å². The highest BCUT2D eigenvalue weighted by Gasteiger charge is 2.31. The molecule has 1 fully saturated rings. The van der Waals surface area contributed by atoms with E-state index in [1.165, 1.54) is 7.11 Å². The first kappa shape index (κ1) is 22.0. The third-order valence-electron chi connectivity index (χ3n) is 5.52. The summed E-state index contributed by atoms with van der Waals surface area (Å²) in [7, 11) is 1.34. The van der Waals surface area contributed by atoms with Crippen molar-refractivity contribution >= 4 is 17.8 Å². The van der Waals surface area contributed by atoms with Gasteiger partial charge in [-0.05, 0) is 38.2 Å². The maximum Gasteiger partial charge on any atom is 0.339 e. The summed E-state index contributed by atoms with van der Waals surface area (Å²) in [6, 6.07) is 0. The number of rotatable bonds is 8. The Morgan fingerprint density at radius 1 is 1.18 bits per heavy atom. The molecule has 0 radical (unpaired) electrons. The maximum atomic E-state index is 13.0. The van der Waals surface area contributed by atoms with Crippen molar-refractivity contribution in [1.29, 1.82) is 0 Å². The van der Waals surface area contributed by atoms with Crippen LogP contribution in [0.15, 0.2) is 0 Å². The number of ether oxygens (including phenoxy) is 1. The molecule has 1 aromatic heterocycles. The van der Waals surface area contributed by atoms with Gasteiger partial charge in [0.1, 0.15) is 5.69 Å². The Hall–Kier alpha value is -2.31. The number of hydrogen-bond donors (Lipinski definition) is 2. The smallest absolute Gasteiger partial charge is 0.339 e. The zero-order valence-electron chi connectivity index (χ0n) is 17.5. The van der Waals surface area contributed by atoms with Gasteiger partial charge in [0, 0.05) is 31.2 Å². The second kappa shape index (κ2) is 10.3. The molecule has 1 aliphatic rings. The lowest BCUT2D eigenvalue weighted by molar-refractivity contribution is -0.126. The van der Waals surface area contributed by atoms with Crippen molar-refractivity contribution in [2.24, 2.45) is 5.92 Å². The van der Waals surface area contributed by atoms with E-state index in [1.54, 1.807) is 11.8 Å². The average molecular weight is 392 g/mol. The molecule has 156 valence electrons. The summed E-state index contributed by atoms with van der Waals surface area (Å²) in [5.41, 5.74) is 2.24. The predicted molar refractivity (Wildman–Crippen MR) is 107 cm³/mol. The quantitative estimate of drug-likeness (QED) is 0.526. The Bertz CT molecular complexity index is 703. The molecule has 0 spiro atoms. The summed E-state index contributed by atoms with van der Waals surface area (Å²) in [4.78, 5) is 42.2. The highest BCUT2D eigenvalue weighted by atomic mass is 16.5. The molecule has 0 atom stereocenters. The van der Waals surface area contributed by atoms with Crippen molar-refractivity contribution in [3.8, 4) is 0 Å². The van der Waals surface area contributed by atoms with Crippen molar-refractivity contribution in [3.05, 3.63) is 22.5 Å². The molecular weight excluding hydrogens is 358 g/mol.